The van der Waals surface area contributed by atoms with Gasteiger partial charge in [-0.25, -0.2) is 13.2 Å². The molecule has 1 N–H and O–H groups in total. The zero-order valence-corrected chi connectivity index (χ0v) is 8.90. The Morgan fingerprint density at radius 2 is 1.79 bits per heavy atom. The van der Waals surface area contributed by atoms with E-state index >= 15 is 0 Å². The van der Waals surface area contributed by atoms with Crippen LogP contribution in [-0.4, -0.2) is 18.8 Å². The van der Waals surface area contributed by atoms with Crippen LogP contribution in [0.3, 0.4) is 0 Å². The van der Waals surface area contributed by atoms with Crippen molar-refractivity contribution in [3.05, 3.63) is 28.2 Å². The van der Waals surface area contributed by atoms with E-state index < -0.39 is 15.1 Å². The van der Waals surface area contributed by atoms with Crippen LogP contribution in [0.5, 0.6) is 0 Å². The van der Waals surface area contributed by atoms with Crippen molar-refractivity contribution >= 4 is 38.3 Å². The number of halogens is 2. The van der Waals surface area contributed by atoms with Crippen molar-refractivity contribution in [2.75, 3.05) is 0 Å². The van der Waals surface area contributed by atoms with Crippen molar-refractivity contribution in [2.45, 2.75) is 4.90 Å². The fourth-order valence-electron chi connectivity index (χ4n) is 0.745. The van der Waals surface area contributed by atoms with Crippen LogP contribution < -0.4 is 0 Å². The molecule has 0 radical (unpaired) electrons. The largest absolute Gasteiger partial charge is 0.469 e. The molecule has 1 aromatic carbocycles. The summed E-state index contributed by atoms with van der Waals surface area (Å²) in [5.41, 5.74) is 0. The average Bonchev–Trinajstić information content (AvgIpc) is 2.09. The van der Waals surface area contributed by atoms with Gasteiger partial charge in [-0.1, -0.05) is 23.2 Å². The molecule has 7 heteroatoms. The Morgan fingerprint density at radius 3 is 2.21 bits per heavy atom. The summed E-state index contributed by atoms with van der Waals surface area (Å²) in [4.78, 5) is 9.96. The molecule has 0 fully saturated rings. The first-order valence-electron chi connectivity index (χ1n) is 3.29. The second-order valence-corrected chi connectivity index (χ2v) is 4.99. The Bertz CT molecular complexity index is 480. The van der Waals surface area contributed by atoms with Gasteiger partial charge in [0.1, 0.15) is 0 Å². The Morgan fingerprint density at radius 1 is 1.21 bits per heavy atom. The summed E-state index contributed by atoms with van der Waals surface area (Å²) >= 11 is 11.1. The molecule has 1 aromatic rings. The third-order valence-electron chi connectivity index (χ3n) is 1.43. The predicted octanol–water partition coefficient (Wildman–Crippen LogP) is 2.45. The van der Waals surface area contributed by atoms with E-state index in [1.807, 2.05) is 0 Å². The lowest BCUT2D eigenvalue weighted by atomic mass is 10.4. The minimum atomic E-state index is -4.34. The van der Waals surface area contributed by atoms with Crippen LogP contribution in [0.1, 0.15) is 0 Å². The molecule has 0 aliphatic rings. The number of sulfone groups is 1. The molecule has 0 heterocycles. The normalized spacial score (nSPS) is 11.3. The van der Waals surface area contributed by atoms with Gasteiger partial charge in [0.05, 0.1) is 14.9 Å². The zero-order chi connectivity index (χ0) is 10.9. The highest BCUT2D eigenvalue weighted by atomic mass is 35.5. The lowest BCUT2D eigenvalue weighted by Crippen LogP contribution is -2.11. The van der Waals surface area contributed by atoms with E-state index in [2.05, 4.69) is 0 Å². The van der Waals surface area contributed by atoms with Gasteiger partial charge in [-0.2, -0.15) is 0 Å². The van der Waals surface area contributed by atoms with Gasteiger partial charge in [-0.15, -0.1) is 0 Å². The van der Waals surface area contributed by atoms with Crippen LogP contribution in [0, 0.1) is 0 Å². The van der Waals surface area contributed by atoms with Gasteiger partial charge >= 0.3 is 5.30 Å². The molecule has 0 aliphatic heterocycles. The highest BCUT2D eigenvalue weighted by Gasteiger charge is 2.24. The molecule has 76 valence electrons. The summed E-state index contributed by atoms with van der Waals surface area (Å²) in [5, 5.41) is 6.63. The lowest BCUT2D eigenvalue weighted by Gasteiger charge is -2.00. The number of hydrogen-bond donors (Lipinski definition) is 1. The van der Waals surface area contributed by atoms with Crippen LogP contribution >= 0.6 is 23.2 Å². The van der Waals surface area contributed by atoms with Crippen LogP contribution in [0.15, 0.2) is 23.1 Å². The van der Waals surface area contributed by atoms with Crippen LogP contribution in [0.25, 0.3) is 0 Å². The highest BCUT2D eigenvalue weighted by molar-refractivity contribution is 8.05. The average molecular weight is 255 g/mol. The maximum Gasteiger partial charge on any atom is 0.427 e. The van der Waals surface area contributed by atoms with E-state index in [1.54, 1.807) is 0 Å². The van der Waals surface area contributed by atoms with Crippen molar-refractivity contribution in [3.63, 3.8) is 0 Å². The molecule has 14 heavy (non-hydrogen) atoms. The molecule has 0 aromatic heterocycles. The molecular formula is C7H4Cl2O4S. The topological polar surface area (TPSA) is 71.4 Å². The van der Waals surface area contributed by atoms with Crippen molar-refractivity contribution in [2.24, 2.45) is 0 Å². The Balaban J connectivity index is 3.36. The minimum Gasteiger partial charge on any atom is -0.469 e. The maximum absolute atomic E-state index is 11.1. The summed E-state index contributed by atoms with van der Waals surface area (Å²) in [6.07, 6.45) is 0. The third-order valence-corrected chi connectivity index (χ3v) is 3.50. The molecule has 0 bridgehead atoms. The second kappa shape index (κ2) is 3.76. The first-order chi connectivity index (χ1) is 6.35. The SMILES string of the molecule is O=C(O)S(=O)(=O)c1ccc(Cl)c(Cl)c1. The fraction of sp³-hybridized carbons (Fsp3) is 0. The van der Waals surface area contributed by atoms with Crippen LogP contribution in [0.4, 0.5) is 4.79 Å². The van der Waals surface area contributed by atoms with E-state index in [1.165, 1.54) is 6.07 Å². The number of hydrogen-bond acceptors (Lipinski definition) is 3. The van der Waals surface area contributed by atoms with Gasteiger partial charge in [0.15, 0.2) is 0 Å². The number of rotatable bonds is 1. The van der Waals surface area contributed by atoms with E-state index in [-0.39, 0.29) is 14.9 Å². The van der Waals surface area contributed by atoms with E-state index in [0.29, 0.717) is 0 Å². The Kier molecular flexibility index (Phi) is 3.04. The fourth-order valence-corrected chi connectivity index (χ4v) is 1.83. The van der Waals surface area contributed by atoms with Gasteiger partial charge < -0.3 is 5.11 Å². The summed E-state index contributed by atoms with van der Waals surface area (Å²) < 4.78 is 22.2. The monoisotopic (exact) mass is 254 g/mol. The second-order valence-electron chi connectivity index (χ2n) is 2.35. The molecule has 0 saturated carbocycles. The smallest absolute Gasteiger partial charge is 0.427 e. The van der Waals surface area contributed by atoms with E-state index in [4.69, 9.17) is 28.3 Å². The Hall–Kier alpha value is -0.780. The van der Waals surface area contributed by atoms with Crippen LogP contribution in [-0.2, 0) is 9.84 Å². The Labute approximate surface area is 90.0 Å². The molecule has 4 nitrogen and oxygen atoms in total. The van der Waals surface area contributed by atoms with Crippen molar-refractivity contribution in [1.29, 1.82) is 0 Å². The number of carbonyl (C=O) groups is 1. The summed E-state index contributed by atoms with van der Waals surface area (Å²) in [6.45, 7) is 0. The van der Waals surface area contributed by atoms with Gasteiger partial charge in [0.2, 0.25) is 0 Å². The maximum atomic E-state index is 11.1. The minimum absolute atomic E-state index is 0.00556. The predicted molar refractivity (Wildman–Crippen MR) is 51.7 cm³/mol. The quantitative estimate of drug-likeness (QED) is 0.836. The summed E-state index contributed by atoms with van der Waals surface area (Å²) in [5.74, 6) is 0. The number of benzene rings is 1. The first-order valence-corrected chi connectivity index (χ1v) is 5.52. The molecule has 0 spiro atoms. The van der Waals surface area contributed by atoms with E-state index in [9.17, 15) is 13.2 Å². The number of carboxylic acid groups (broad SMARTS) is 1. The standard InChI is InChI=1S/C7H4Cl2O4S/c8-5-2-1-4(3-6(5)9)14(12,13)7(10)11/h1-3H,(H,10,11). The molecule has 0 unspecified atom stereocenters. The van der Waals surface area contributed by atoms with Crippen molar-refractivity contribution < 1.29 is 18.3 Å². The van der Waals surface area contributed by atoms with Crippen molar-refractivity contribution in [3.8, 4) is 0 Å². The molecule has 0 saturated heterocycles. The van der Waals surface area contributed by atoms with Gasteiger partial charge in [0, 0.05) is 0 Å². The summed E-state index contributed by atoms with van der Waals surface area (Å²) in [7, 11) is -4.34. The zero-order valence-electron chi connectivity index (χ0n) is 6.57. The highest BCUT2D eigenvalue weighted by Crippen LogP contribution is 2.25. The summed E-state index contributed by atoms with van der Waals surface area (Å²) in [6, 6.07) is 3.30. The van der Waals surface area contributed by atoms with Gasteiger partial charge in [-0.3, -0.25) is 0 Å². The van der Waals surface area contributed by atoms with Gasteiger partial charge in [0.25, 0.3) is 9.84 Å². The molecule has 1 rings (SSSR count). The molecule has 0 atom stereocenters. The molecular weight excluding hydrogens is 251 g/mol. The van der Waals surface area contributed by atoms with E-state index in [0.717, 1.165) is 12.1 Å². The molecule has 0 amide bonds. The van der Waals surface area contributed by atoms with Crippen molar-refractivity contribution in [1.82, 2.24) is 0 Å². The first kappa shape index (κ1) is 11.3. The molecule has 0 aliphatic carbocycles. The lowest BCUT2D eigenvalue weighted by molar-refractivity contribution is 0.219. The third kappa shape index (κ3) is 2.00. The van der Waals surface area contributed by atoms with Gasteiger partial charge in [-0.05, 0) is 18.2 Å². The van der Waals surface area contributed by atoms with Crippen LogP contribution in [0.2, 0.25) is 10.0 Å².